The molecule has 0 aromatic heterocycles. The highest BCUT2D eigenvalue weighted by Crippen LogP contribution is 2.37. The lowest BCUT2D eigenvalue weighted by Gasteiger charge is -2.43. The average Bonchev–Trinajstić information content (AvgIpc) is 2.35. The van der Waals surface area contributed by atoms with Crippen LogP contribution in [0.25, 0.3) is 0 Å². The van der Waals surface area contributed by atoms with Crippen LogP contribution in [0.5, 0.6) is 0 Å². The largest absolute Gasteiger partial charge is 0.414 e. The summed E-state index contributed by atoms with van der Waals surface area (Å²) in [5, 5.41) is 32.5. The highest BCUT2D eigenvalue weighted by atomic mass is 28.4. The SMILES string of the molecule is CC(=O)NC1C(O)[C@H](O)C(CO[Si](C)(C)C(C)(C)C)O[C@H]1O. The van der Waals surface area contributed by atoms with Gasteiger partial charge in [-0.05, 0) is 18.1 Å². The molecule has 22 heavy (non-hydrogen) atoms. The van der Waals surface area contributed by atoms with Gasteiger partial charge in [-0.3, -0.25) is 4.79 Å². The molecule has 0 radical (unpaired) electrons. The Hall–Kier alpha value is -0.513. The summed E-state index contributed by atoms with van der Waals surface area (Å²) < 4.78 is 11.3. The summed E-state index contributed by atoms with van der Waals surface area (Å²) in [5.41, 5.74) is 0. The lowest BCUT2D eigenvalue weighted by Crippen LogP contribution is -2.64. The number of carbonyl (C=O) groups is 1. The van der Waals surface area contributed by atoms with E-state index >= 15 is 0 Å². The highest BCUT2D eigenvalue weighted by molar-refractivity contribution is 6.74. The van der Waals surface area contributed by atoms with Crippen LogP contribution in [-0.2, 0) is 14.0 Å². The average molecular weight is 335 g/mol. The number of hydrogen-bond acceptors (Lipinski definition) is 6. The molecule has 3 unspecified atom stereocenters. The molecule has 4 N–H and O–H groups in total. The molecule has 8 heteroatoms. The smallest absolute Gasteiger partial charge is 0.217 e. The minimum absolute atomic E-state index is 0.00255. The zero-order valence-corrected chi connectivity index (χ0v) is 15.2. The maximum Gasteiger partial charge on any atom is 0.217 e. The third-order valence-electron chi connectivity index (χ3n) is 4.50. The number of rotatable bonds is 4. The van der Waals surface area contributed by atoms with Crippen molar-refractivity contribution in [3.05, 3.63) is 0 Å². The highest BCUT2D eigenvalue weighted by Gasteiger charge is 2.46. The number of aliphatic hydroxyl groups is 3. The number of hydrogen-bond donors (Lipinski definition) is 4. The molecule has 5 atom stereocenters. The van der Waals surface area contributed by atoms with Gasteiger partial charge >= 0.3 is 0 Å². The molecular weight excluding hydrogens is 306 g/mol. The van der Waals surface area contributed by atoms with Crippen LogP contribution in [0.4, 0.5) is 0 Å². The van der Waals surface area contributed by atoms with E-state index in [1.54, 1.807) is 0 Å². The van der Waals surface area contributed by atoms with Crippen LogP contribution in [0, 0.1) is 0 Å². The molecule has 1 saturated heterocycles. The van der Waals surface area contributed by atoms with Gasteiger partial charge in [-0.2, -0.15) is 0 Å². The van der Waals surface area contributed by atoms with Crippen molar-refractivity contribution in [2.45, 2.75) is 76.5 Å². The van der Waals surface area contributed by atoms with Crippen molar-refractivity contribution in [1.29, 1.82) is 0 Å². The Bertz CT molecular complexity index is 397. The van der Waals surface area contributed by atoms with E-state index in [0.717, 1.165) is 0 Å². The quantitative estimate of drug-likeness (QED) is 0.537. The van der Waals surface area contributed by atoms with E-state index in [-0.39, 0.29) is 11.6 Å². The monoisotopic (exact) mass is 335 g/mol. The molecule has 1 aliphatic heterocycles. The van der Waals surface area contributed by atoms with E-state index in [0.29, 0.717) is 0 Å². The van der Waals surface area contributed by atoms with E-state index in [4.69, 9.17) is 9.16 Å². The fourth-order valence-corrected chi connectivity index (χ4v) is 3.00. The summed E-state index contributed by atoms with van der Waals surface area (Å²) in [6.45, 7) is 11.7. The standard InChI is InChI=1S/C14H29NO6Si/c1-8(16)15-10-12(18)11(17)9(21-13(10)19)7-20-22(5,6)14(2,3)4/h9-13,17-19H,7H2,1-6H3,(H,15,16)/t9?,10?,11-,12?,13-/m1/s1. The van der Waals surface area contributed by atoms with Crippen LogP contribution in [0.15, 0.2) is 0 Å². The predicted octanol–water partition coefficient (Wildman–Crippen LogP) is -0.0481. The number of aliphatic hydroxyl groups excluding tert-OH is 3. The molecule has 0 bridgehead atoms. The fraction of sp³-hybridized carbons (Fsp3) is 0.929. The Morgan fingerprint density at radius 1 is 1.23 bits per heavy atom. The van der Waals surface area contributed by atoms with Crippen molar-refractivity contribution >= 4 is 14.2 Å². The third-order valence-corrected chi connectivity index (χ3v) is 9.01. The summed E-state index contributed by atoms with van der Waals surface area (Å²) in [7, 11) is -2.03. The third kappa shape index (κ3) is 4.50. The zero-order chi connectivity index (χ0) is 17.3. The van der Waals surface area contributed by atoms with Gasteiger partial charge in [-0.15, -0.1) is 0 Å². The van der Waals surface area contributed by atoms with Crippen LogP contribution in [0.1, 0.15) is 27.7 Å². The van der Waals surface area contributed by atoms with Crippen LogP contribution in [0.3, 0.4) is 0 Å². The van der Waals surface area contributed by atoms with Crippen molar-refractivity contribution in [3.8, 4) is 0 Å². The number of nitrogens with one attached hydrogen (secondary N) is 1. The molecule has 0 spiro atoms. The number of carbonyl (C=O) groups excluding carboxylic acids is 1. The van der Waals surface area contributed by atoms with Crippen LogP contribution >= 0.6 is 0 Å². The van der Waals surface area contributed by atoms with Gasteiger partial charge in [0, 0.05) is 6.92 Å². The molecule has 1 aliphatic rings. The lowest BCUT2D eigenvalue weighted by molar-refractivity contribution is -0.252. The molecule has 1 fully saturated rings. The second kappa shape index (κ2) is 6.94. The molecule has 130 valence electrons. The van der Waals surface area contributed by atoms with E-state index in [2.05, 4.69) is 39.2 Å². The van der Waals surface area contributed by atoms with Crippen LogP contribution in [0.2, 0.25) is 18.1 Å². The molecular formula is C14H29NO6Si. The first kappa shape index (κ1) is 19.5. The summed E-state index contributed by atoms with van der Waals surface area (Å²) in [6, 6.07) is -1.06. The molecule has 1 heterocycles. The minimum atomic E-state index is -2.03. The lowest BCUT2D eigenvalue weighted by atomic mass is 9.97. The molecule has 0 aromatic carbocycles. The molecule has 0 saturated carbocycles. The van der Waals surface area contributed by atoms with Gasteiger partial charge in [-0.1, -0.05) is 20.8 Å². The number of ether oxygens (including phenoxy) is 1. The van der Waals surface area contributed by atoms with Crippen molar-refractivity contribution in [1.82, 2.24) is 5.32 Å². The topological polar surface area (TPSA) is 108 Å². The molecule has 1 rings (SSSR count). The van der Waals surface area contributed by atoms with Crippen molar-refractivity contribution < 1.29 is 29.3 Å². The zero-order valence-electron chi connectivity index (χ0n) is 14.2. The molecule has 0 aliphatic carbocycles. The Balaban J connectivity index is 2.70. The second-order valence-electron chi connectivity index (χ2n) is 7.34. The Labute approximate surface area is 132 Å². The molecule has 7 nitrogen and oxygen atoms in total. The van der Waals surface area contributed by atoms with Crippen molar-refractivity contribution in [3.63, 3.8) is 0 Å². The summed E-state index contributed by atoms with van der Waals surface area (Å²) in [4.78, 5) is 11.1. The van der Waals surface area contributed by atoms with E-state index in [1.165, 1.54) is 6.92 Å². The van der Waals surface area contributed by atoms with E-state index < -0.39 is 44.9 Å². The number of amides is 1. The van der Waals surface area contributed by atoms with Gasteiger partial charge < -0.3 is 29.8 Å². The Kier molecular flexibility index (Phi) is 6.16. The van der Waals surface area contributed by atoms with Gasteiger partial charge in [0.15, 0.2) is 14.6 Å². The Morgan fingerprint density at radius 3 is 2.23 bits per heavy atom. The van der Waals surface area contributed by atoms with E-state index in [1.807, 2.05) is 0 Å². The minimum Gasteiger partial charge on any atom is -0.414 e. The van der Waals surface area contributed by atoms with Gasteiger partial charge in [0.25, 0.3) is 0 Å². The summed E-state index contributed by atoms with van der Waals surface area (Å²) in [6.07, 6.45) is -4.80. The predicted molar refractivity (Wildman–Crippen MR) is 83.6 cm³/mol. The van der Waals surface area contributed by atoms with Crippen LogP contribution < -0.4 is 5.32 Å². The Morgan fingerprint density at radius 2 is 1.77 bits per heavy atom. The first-order chi connectivity index (χ1) is 9.86. The van der Waals surface area contributed by atoms with Crippen molar-refractivity contribution in [2.24, 2.45) is 0 Å². The van der Waals surface area contributed by atoms with E-state index in [9.17, 15) is 20.1 Å². The summed E-state index contributed by atoms with van der Waals surface area (Å²) >= 11 is 0. The first-order valence-corrected chi connectivity index (χ1v) is 10.4. The maximum absolute atomic E-state index is 11.1. The first-order valence-electron chi connectivity index (χ1n) is 7.47. The van der Waals surface area contributed by atoms with Gasteiger partial charge in [0.05, 0.1) is 6.61 Å². The van der Waals surface area contributed by atoms with Gasteiger partial charge in [0.2, 0.25) is 5.91 Å². The molecule has 1 amide bonds. The summed E-state index contributed by atoms with van der Waals surface area (Å²) in [5.74, 6) is -0.421. The van der Waals surface area contributed by atoms with Gasteiger partial charge in [0.1, 0.15) is 24.4 Å². The van der Waals surface area contributed by atoms with Crippen molar-refractivity contribution in [2.75, 3.05) is 6.61 Å². The van der Waals surface area contributed by atoms with Crippen LogP contribution in [-0.4, -0.2) is 66.8 Å². The maximum atomic E-state index is 11.1. The normalized spacial score (nSPS) is 33.6. The fourth-order valence-electron chi connectivity index (χ4n) is 1.98. The molecule has 0 aromatic rings. The second-order valence-corrected chi connectivity index (χ2v) is 12.2. The van der Waals surface area contributed by atoms with Gasteiger partial charge in [-0.25, -0.2) is 0 Å².